The number of aromatic nitrogens is 1. The van der Waals surface area contributed by atoms with Gasteiger partial charge in [0.1, 0.15) is 0 Å². The van der Waals surface area contributed by atoms with Gasteiger partial charge in [-0.3, -0.25) is 0 Å². The van der Waals surface area contributed by atoms with Crippen LogP contribution in [-0.4, -0.2) is 34.1 Å². The van der Waals surface area contributed by atoms with Crippen molar-refractivity contribution >= 4 is 11.3 Å². The second kappa shape index (κ2) is 5.25. The zero-order valence-corrected chi connectivity index (χ0v) is 10.8. The summed E-state index contributed by atoms with van der Waals surface area (Å²) < 4.78 is 0. The van der Waals surface area contributed by atoms with Gasteiger partial charge in [0.25, 0.3) is 0 Å². The molecule has 2 heterocycles. The maximum atomic E-state index is 9.05. The van der Waals surface area contributed by atoms with Gasteiger partial charge in [-0.1, -0.05) is 0 Å². The zero-order chi connectivity index (χ0) is 11.5. The second-order valence-electron chi connectivity index (χ2n) is 4.75. The van der Waals surface area contributed by atoms with E-state index in [0.29, 0.717) is 12.0 Å². The van der Waals surface area contributed by atoms with Gasteiger partial charge in [0.15, 0.2) is 0 Å². The molecular weight excluding hydrogens is 220 g/mol. The van der Waals surface area contributed by atoms with Gasteiger partial charge in [0, 0.05) is 24.7 Å². The summed E-state index contributed by atoms with van der Waals surface area (Å²) in [4.78, 5) is 7.94. The molecule has 1 aliphatic rings. The van der Waals surface area contributed by atoms with E-state index in [1.807, 2.05) is 6.20 Å². The molecule has 3 nitrogen and oxygen atoms in total. The molecule has 0 amide bonds. The van der Waals surface area contributed by atoms with Crippen LogP contribution in [0.5, 0.6) is 0 Å². The number of nitrogens with zero attached hydrogens (tertiary/aromatic N) is 2. The molecule has 1 unspecified atom stereocenters. The van der Waals surface area contributed by atoms with Gasteiger partial charge in [-0.15, -0.1) is 11.3 Å². The molecule has 0 radical (unpaired) electrons. The lowest BCUT2D eigenvalue weighted by Crippen LogP contribution is -2.39. The number of hydrogen-bond acceptors (Lipinski definition) is 4. The molecule has 1 aromatic heterocycles. The molecule has 1 atom stereocenters. The quantitative estimate of drug-likeness (QED) is 0.880. The maximum absolute atomic E-state index is 9.05. The zero-order valence-electron chi connectivity index (χ0n) is 10.0. The molecule has 1 aliphatic heterocycles. The van der Waals surface area contributed by atoms with E-state index in [0.717, 1.165) is 11.4 Å². The first-order valence-corrected chi connectivity index (χ1v) is 6.82. The monoisotopic (exact) mass is 240 g/mol. The van der Waals surface area contributed by atoms with E-state index in [-0.39, 0.29) is 6.61 Å². The Kier molecular flexibility index (Phi) is 3.95. The van der Waals surface area contributed by atoms with Crippen molar-refractivity contribution in [3.8, 4) is 0 Å². The molecule has 0 spiro atoms. The Labute approximate surface area is 101 Å². The number of thiazole rings is 1. The van der Waals surface area contributed by atoms with Gasteiger partial charge in [0.2, 0.25) is 0 Å². The summed E-state index contributed by atoms with van der Waals surface area (Å²) >= 11 is 1.67. The molecule has 4 heteroatoms. The maximum Gasteiger partial charge on any atom is 0.0972 e. The largest absolute Gasteiger partial charge is 0.391 e. The first-order valence-electron chi connectivity index (χ1n) is 6.00. The lowest BCUT2D eigenvalue weighted by Gasteiger charge is -2.34. The van der Waals surface area contributed by atoms with Crippen LogP contribution in [-0.2, 0) is 6.61 Å². The van der Waals surface area contributed by atoms with E-state index >= 15 is 0 Å². The molecule has 0 aromatic carbocycles. The van der Waals surface area contributed by atoms with Crippen molar-refractivity contribution in [1.29, 1.82) is 0 Å². The summed E-state index contributed by atoms with van der Waals surface area (Å²) in [6.45, 7) is 6.97. The number of aliphatic hydroxyl groups is 1. The summed E-state index contributed by atoms with van der Waals surface area (Å²) in [6, 6.07) is 0.625. The molecule has 0 aliphatic carbocycles. The van der Waals surface area contributed by atoms with Crippen LogP contribution < -0.4 is 0 Å². The number of rotatable bonds is 3. The van der Waals surface area contributed by atoms with Gasteiger partial charge in [-0.25, -0.2) is 4.98 Å². The van der Waals surface area contributed by atoms with Gasteiger partial charge in [-0.2, -0.15) is 0 Å². The molecule has 2 rings (SSSR count). The highest BCUT2D eigenvalue weighted by Crippen LogP contribution is 2.30. The average molecular weight is 240 g/mol. The number of piperidine rings is 1. The highest BCUT2D eigenvalue weighted by atomic mass is 32.1. The second-order valence-corrected chi connectivity index (χ2v) is 5.90. The minimum absolute atomic E-state index is 0.123. The Hall–Kier alpha value is -0.450. The fraction of sp³-hybridized carbons (Fsp3) is 0.750. The van der Waals surface area contributed by atoms with Crippen molar-refractivity contribution in [3.63, 3.8) is 0 Å². The van der Waals surface area contributed by atoms with E-state index in [9.17, 15) is 0 Å². The standard InChI is InChI=1S/C12H20N2OS/c1-9(2)14-5-3-4-10(7-14)12-13-6-11(8-15)16-12/h6,9-10,15H,3-5,7-8H2,1-2H3. The summed E-state index contributed by atoms with van der Waals surface area (Å²) in [6.07, 6.45) is 4.31. The van der Waals surface area contributed by atoms with Crippen molar-refractivity contribution in [2.75, 3.05) is 13.1 Å². The Morgan fingerprint density at radius 1 is 1.62 bits per heavy atom. The van der Waals surface area contributed by atoms with E-state index in [4.69, 9.17) is 5.11 Å². The third-order valence-electron chi connectivity index (χ3n) is 3.26. The molecule has 1 fully saturated rings. The summed E-state index contributed by atoms with van der Waals surface area (Å²) in [5.41, 5.74) is 0. The first kappa shape index (κ1) is 12.0. The van der Waals surface area contributed by atoms with E-state index in [1.54, 1.807) is 11.3 Å². The minimum Gasteiger partial charge on any atom is -0.391 e. The molecule has 90 valence electrons. The van der Waals surface area contributed by atoms with E-state index in [2.05, 4.69) is 23.7 Å². The van der Waals surface area contributed by atoms with Crippen molar-refractivity contribution in [2.24, 2.45) is 0 Å². The fourth-order valence-electron chi connectivity index (χ4n) is 2.26. The Bertz CT molecular complexity index is 338. The van der Waals surface area contributed by atoms with Crippen LogP contribution in [0.3, 0.4) is 0 Å². The minimum atomic E-state index is 0.123. The summed E-state index contributed by atoms with van der Waals surface area (Å²) in [5, 5.41) is 10.3. The van der Waals surface area contributed by atoms with Crippen LogP contribution in [0, 0.1) is 0 Å². The lowest BCUT2D eigenvalue weighted by atomic mass is 9.98. The van der Waals surface area contributed by atoms with Crippen LogP contribution >= 0.6 is 11.3 Å². The fourth-order valence-corrected chi connectivity index (χ4v) is 3.16. The normalized spacial score (nSPS) is 22.9. The molecule has 1 saturated heterocycles. The first-order chi connectivity index (χ1) is 7.70. The molecule has 0 bridgehead atoms. The predicted molar refractivity (Wildman–Crippen MR) is 66.7 cm³/mol. The smallest absolute Gasteiger partial charge is 0.0972 e. The predicted octanol–water partition coefficient (Wildman–Crippen LogP) is 2.22. The molecule has 1 aromatic rings. The van der Waals surface area contributed by atoms with Gasteiger partial charge >= 0.3 is 0 Å². The SMILES string of the molecule is CC(C)N1CCCC(c2ncc(CO)s2)C1. The Balaban J connectivity index is 2.03. The molecule has 1 N–H and O–H groups in total. The highest BCUT2D eigenvalue weighted by Gasteiger charge is 2.24. The molecule has 0 saturated carbocycles. The average Bonchev–Trinajstić information content (AvgIpc) is 2.77. The topological polar surface area (TPSA) is 36.4 Å². The number of likely N-dealkylation sites (tertiary alicyclic amines) is 1. The third-order valence-corrected chi connectivity index (χ3v) is 4.40. The highest BCUT2D eigenvalue weighted by molar-refractivity contribution is 7.11. The van der Waals surface area contributed by atoms with E-state index in [1.165, 1.54) is 24.4 Å². The Morgan fingerprint density at radius 2 is 2.44 bits per heavy atom. The van der Waals surface area contributed by atoms with Crippen LogP contribution in [0.4, 0.5) is 0 Å². The van der Waals surface area contributed by atoms with Gasteiger partial charge < -0.3 is 10.0 Å². The van der Waals surface area contributed by atoms with Crippen molar-refractivity contribution in [3.05, 3.63) is 16.1 Å². The van der Waals surface area contributed by atoms with Crippen LogP contribution in [0.1, 0.15) is 42.5 Å². The van der Waals surface area contributed by atoms with Gasteiger partial charge in [-0.05, 0) is 33.2 Å². The van der Waals surface area contributed by atoms with Crippen LogP contribution in [0.15, 0.2) is 6.20 Å². The number of aliphatic hydroxyl groups excluding tert-OH is 1. The van der Waals surface area contributed by atoms with Crippen molar-refractivity contribution in [2.45, 2.75) is 45.3 Å². The Morgan fingerprint density at radius 3 is 3.06 bits per heavy atom. The van der Waals surface area contributed by atoms with Crippen molar-refractivity contribution in [1.82, 2.24) is 9.88 Å². The van der Waals surface area contributed by atoms with Crippen LogP contribution in [0.2, 0.25) is 0 Å². The number of hydrogen-bond donors (Lipinski definition) is 1. The van der Waals surface area contributed by atoms with E-state index < -0.39 is 0 Å². The third kappa shape index (κ3) is 2.62. The van der Waals surface area contributed by atoms with Crippen molar-refractivity contribution < 1.29 is 5.11 Å². The van der Waals surface area contributed by atoms with Gasteiger partial charge in [0.05, 0.1) is 16.5 Å². The summed E-state index contributed by atoms with van der Waals surface area (Å²) in [7, 11) is 0. The van der Waals surface area contributed by atoms with Crippen LogP contribution in [0.25, 0.3) is 0 Å². The lowest BCUT2D eigenvalue weighted by molar-refractivity contribution is 0.167. The molecular formula is C12H20N2OS. The molecule has 16 heavy (non-hydrogen) atoms. The summed E-state index contributed by atoms with van der Waals surface area (Å²) in [5.74, 6) is 0.571.